The fourth-order valence-electron chi connectivity index (χ4n) is 4.90. The SMILES string of the molecule is O=C1O[C@](OCOCc2ccccc2)(OC(c2ccccc2)(c2ccccc2)c2ccccc2)C/C1=C/CCO. The minimum Gasteiger partial charge on any atom is -0.404 e. The minimum atomic E-state index is -1.80. The summed E-state index contributed by atoms with van der Waals surface area (Å²) in [5.74, 6) is -2.35. The van der Waals surface area contributed by atoms with E-state index in [-0.39, 0.29) is 19.8 Å². The number of aliphatic hydroxyl groups is 1. The molecule has 0 bridgehead atoms. The third kappa shape index (κ3) is 6.06. The molecule has 6 nitrogen and oxygen atoms in total. The molecule has 1 saturated heterocycles. The maximum absolute atomic E-state index is 13.1. The quantitative estimate of drug-likeness (QED) is 0.0776. The van der Waals surface area contributed by atoms with Crippen molar-refractivity contribution in [3.63, 3.8) is 0 Å². The molecule has 1 fully saturated rings. The van der Waals surface area contributed by atoms with Gasteiger partial charge < -0.3 is 14.6 Å². The largest absolute Gasteiger partial charge is 0.404 e. The van der Waals surface area contributed by atoms with E-state index in [1.54, 1.807) is 6.08 Å². The van der Waals surface area contributed by atoms with Gasteiger partial charge in [0.25, 0.3) is 0 Å². The van der Waals surface area contributed by atoms with E-state index in [9.17, 15) is 9.90 Å². The Labute approximate surface area is 234 Å². The highest BCUT2D eigenvalue weighted by atomic mass is 16.9. The van der Waals surface area contributed by atoms with Gasteiger partial charge in [-0.1, -0.05) is 127 Å². The number of aliphatic hydroxyl groups excluding tert-OH is 1. The van der Waals surface area contributed by atoms with Crippen LogP contribution < -0.4 is 0 Å². The number of rotatable bonds is 12. The van der Waals surface area contributed by atoms with Gasteiger partial charge in [-0.25, -0.2) is 4.79 Å². The van der Waals surface area contributed by atoms with Gasteiger partial charge in [-0.05, 0) is 28.7 Å². The van der Waals surface area contributed by atoms with E-state index < -0.39 is 17.5 Å². The van der Waals surface area contributed by atoms with Gasteiger partial charge in [-0.2, -0.15) is 0 Å². The predicted octanol–water partition coefficient (Wildman–Crippen LogP) is 6.10. The topological polar surface area (TPSA) is 74.2 Å². The molecule has 0 saturated carbocycles. The number of ether oxygens (including phenoxy) is 4. The van der Waals surface area contributed by atoms with Crippen LogP contribution in [0, 0.1) is 0 Å². The Morgan fingerprint density at radius 3 is 1.77 bits per heavy atom. The first-order chi connectivity index (χ1) is 19.7. The van der Waals surface area contributed by atoms with Crippen LogP contribution in [0.25, 0.3) is 0 Å². The van der Waals surface area contributed by atoms with Crippen molar-refractivity contribution in [1.29, 1.82) is 0 Å². The number of esters is 1. The molecule has 1 heterocycles. The van der Waals surface area contributed by atoms with Gasteiger partial charge in [-0.3, -0.25) is 9.47 Å². The molecular weight excluding hydrogens is 504 g/mol. The number of cyclic esters (lactones) is 1. The van der Waals surface area contributed by atoms with Crippen LogP contribution in [0.4, 0.5) is 0 Å². The molecule has 6 heteroatoms. The maximum atomic E-state index is 13.1. The van der Waals surface area contributed by atoms with Crippen molar-refractivity contribution in [3.8, 4) is 0 Å². The van der Waals surface area contributed by atoms with Gasteiger partial charge in [0.05, 0.1) is 13.0 Å². The molecule has 0 unspecified atom stereocenters. The van der Waals surface area contributed by atoms with Crippen molar-refractivity contribution in [2.24, 2.45) is 0 Å². The number of carbonyl (C=O) groups is 1. The summed E-state index contributed by atoms with van der Waals surface area (Å²) in [6, 6.07) is 39.2. The summed E-state index contributed by atoms with van der Waals surface area (Å²) in [4.78, 5) is 13.1. The summed E-state index contributed by atoms with van der Waals surface area (Å²) in [6.07, 6.45) is 2.00. The van der Waals surface area contributed by atoms with E-state index in [1.165, 1.54) is 0 Å². The van der Waals surface area contributed by atoms with Crippen molar-refractivity contribution in [2.45, 2.75) is 31.0 Å². The van der Waals surface area contributed by atoms with Gasteiger partial charge in [0.15, 0.2) is 12.4 Å². The molecule has 4 aromatic rings. The molecule has 0 amide bonds. The number of carbonyl (C=O) groups excluding carboxylic acids is 1. The van der Waals surface area contributed by atoms with E-state index in [1.807, 2.05) is 121 Å². The fourth-order valence-corrected chi connectivity index (χ4v) is 4.90. The zero-order valence-corrected chi connectivity index (χ0v) is 22.1. The summed E-state index contributed by atoms with van der Waals surface area (Å²) in [5.41, 5.74) is 2.68. The highest BCUT2D eigenvalue weighted by molar-refractivity contribution is 5.90. The Bertz CT molecular complexity index is 1290. The second-order valence-corrected chi connectivity index (χ2v) is 9.47. The third-order valence-corrected chi connectivity index (χ3v) is 6.76. The van der Waals surface area contributed by atoms with Crippen LogP contribution in [-0.4, -0.2) is 30.4 Å². The molecule has 204 valence electrons. The van der Waals surface area contributed by atoms with Crippen molar-refractivity contribution in [2.75, 3.05) is 13.4 Å². The van der Waals surface area contributed by atoms with Crippen molar-refractivity contribution < 1.29 is 28.8 Å². The van der Waals surface area contributed by atoms with E-state index >= 15 is 0 Å². The normalized spacial score (nSPS) is 18.1. The Balaban J connectivity index is 1.57. The van der Waals surface area contributed by atoms with E-state index in [2.05, 4.69) is 0 Å². The molecule has 1 N–H and O–H groups in total. The van der Waals surface area contributed by atoms with Crippen molar-refractivity contribution in [3.05, 3.63) is 155 Å². The van der Waals surface area contributed by atoms with Crippen LogP contribution in [0.2, 0.25) is 0 Å². The van der Waals surface area contributed by atoms with Gasteiger partial charge in [0.2, 0.25) is 0 Å². The molecule has 1 atom stereocenters. The molecule has 0 aliphatic carbocycles. The minimum absolute atomic E-state index is 0.0226. The third-order valence-electron chi connectivity index (χ3n) is 6.76. The Kier molecular flexibility index (Phi) is 8.84. The zero-order chi connectivity index (χ0) is 27.7. The van der Waals surface area contributed by atoms with Gasteiger partial charge in [0, 0.05) is 12.2 Å². The number of hydrogen-bond acceptors (Lipinski definition) is 6. The second-order valence-electron chi connectivity index (χ2n) is 9.47. The van der Waals surface area contributed by atoms with Crippen LogP contribution in [-0.2, 0) is 35.9 Å². The highest BCUT2D eigenvalue weighted by Crippen LogP contribution is 2.47. The fraction of sp³-hybridized carbons (Fsp3) is 0.206. The molecule has 40 heavy (non-hydrogen) atoms. The first kappa shape index (κ1) is 27.5. The monoisotopic (exact) mass is 536 g/mol. The van der Waals surface area contributed by atoms with Gasteiger partial charge >= 0.3 is 11.9 Å². The Hall–Kier alpha value is -4.07. The Morgan fingerprint density at radius 1 is 0.775 bits per heavy atom. The smallest absolute Gasteiger partial charge is 0.338 e. The standard InChI is InChI=1S/C34H32O6/c35-23-13-16-28-24-33(39-32(28)36,38-26-37-25-27-14-5-1-6-15-27)40-34(29-17-7-2-8-18-29,30-19-9-3-10-20-30)31-21-11-4-12-22-31/h1-12,14-22,35H,13,23-26H2/b28-16-/t33-/m0/s1. The summed E-state index contributed by atoms with van der Waals surface area (Å²) in [7, 11) is 0. The average molecular weight is 537 g/mol. The molecule has 1 aliphatic rings. The predicted molar refractivity (Wildman–Crippen MR) is 151 cm³/mol. The van der Waals surface area contributed by atoms with E-state index in [4.69, 9.17) is 18.9 Å². The zero-order valence-electron chi connectivity index (χ0n) is 22.1. The highest BCUT2D eigenvalue weighted by Gasteiger charge is 2.54. The van der Waals surface area contributed by atoms with Crippen molar-refractivity contribution in [1.82, 2.24) is 0 Å². The lowest BCUT2D eigenvalue weighted by Crippen LogP contribution is -2.46. The Morgan fingerprint density at radius 2 is 1.27 bits per heavy atom. The molecule has 5 rings (SSSR count). The molecule has 0 spiro atoms. The van der Waals surface area contributed by atoms with Gasteiger partial charge in [-0.15, -0.1) is 0 Å². The molecule has 4 aromatic carbocycles. The van der Waals surface area contributed by atoms with E-state index in [0.717, 1.165) is 22.3 Å². The van der Waals surface area contributed by atoms with Crippen LogP contribution in [0.1, 0.15) is 35.1 Å². The average Bonchev–Trinajstić information content (AvgIpc) is 3.33. The van der Waals surface area contributed by atoms with Crippen molar-refractivity contribution >= 4 is 5.97 Å². The number of benzene rings is 4. The number of hydrogen-bond donors (Lipinski definition) is 1. The first-order valence-corrected chi connectivity index (χ1v) is 13.3. The second kappa shape index (κ2) is 12.9. The molecular formula is C34H32O6. The first-order valence-electron chi connectivity index (χ1n) is 13.3. The van der Waals surface area contributed by atoms with Crippen LogP contribution in [0.3, 0.4) is 0 Å². The van der Waals surface area contributed by atoms with Gasteiger partial charge in [0.1, 0.15) is 0 Å². The molecule has 0 radical (unpaired) electrons. The maximum Gasteiger partial charge on any atom is 0.338 e. The van der Waals surface area contributed by atoms with Crippen LogP contribution >= 0.6 is 0 Å². The lowest BCUT2D eigenvalue weighted by atomic mass is 9.80. The van der Waals surface area contributed by atoms with E-state index in [0.29, 0.717) is 18.6 Å². The summed E-state index contributed by atoms with van der Waals surface area (Å²) >= 11 is 0. The summed E-state index contributed by atoms with van der Waals surface area (Å²) in [5, 5.41) is 9.38. The summed E-state index contributed by atoms with van der Waals surface area (Å²) < 4.78 is 25.0. The summed E-state index contributed by atoms with van der Waals surface area (Å²) in [6.45, 7) is 0.0524. The lowest BCUT2D eigenvalue weighted by molar-refractivity contribution is -0.392. The van der Waals surface area contributed by atoms with Crippen LogP contribution in [0.5, 0.6) is 0 Å². The molecule has 0 aromatic heterocycles. The molecule has 1 aliphatic heterocycles. The lowest BCUT2D eigenvalue weighted by Gasteiger charge is -2.41. The van der Waals surface area contributed by atoms with Crippen LogP contribution in [0.15, 0.2) is 133 Å².